The van der Waals surface area contributed by atoms with Crippen LogP contribution in [0.4, 0.5) is 0 Å². The van der Waals surface area contributed by atoms with Crippen LogP contribution < -0.4 is 4.72 Å². The third kappa shape index (κ3) is 4.46. The molecule has 26 heavy (non-hydrogen) atoms. The summed E-state index contributed by atoms with van der Waals surface area (Å²) in [5.74, 6) is -0.101. The van der Waals surface area contributed by atoms with Gasteiger partial charge in [0.05, 0.1) is 10.9 Å². The van der Waals surface area contributed by atoms with E-state index in [0.717, 1.165) is 10.4 Å². The maximum Gasteiger partial charge on any atom is 0.241 e. The quantitative estimate of drug-likeness (QED) is 0.615. The number of nitrogens with one attached hydrogen (secondary N) is 1. The number of carbonyl (C=O) groups is 1. The molecule has 1 heterocycles. The van der Waals surface area contributed by atoms with E-state index >= 15 is 0 Å². The number of rotatable bonds is 7. The first-order valence-electron chi connectivity index (χ1n) is 8.16. The van der Waals surface area contributed by atoms with Crippen LogP contribution in [-0.2, 0) is 10.0 Å². The number of benzene rings is 2. The lowest BCUT2D eigenvalue weighted by molar-refractivity contribution is 0.0972. The molecule has 1 atom stereocenters. The van der Waals surface area contributed by atoms with Crippen molar-refractivity contribution in [1.29, 1.82) is 0 Å². The molecule has 1 N–H and O–H groups in total. The van der Waals surface area contributed by atoms with Crippen molar-refractivity contribution in [3.05, 3.63) is 88.1 Å². The number of aryl methyl sites for hydroxylation is 1. The van der Waals surface area contributed by atoms with Crippen molar-refractivity contribution in [2.75, 3.05) is 0 Å². The molecule has 134 valence electrons. The van der Waals surface area contributed by atoms with Crippen molar-refractivity contribution in [3.63, 3.8) is 0 Å². The Morgan fingerprint density at radius 2 is 1.69 bits per heavy atom. The third-order valence-corrected chi connectivity index (χ3v) is 6.47. The zero-order chi connectivity index (χ0) is 18.6. The summed E-state index contributed by atoms with van der Waals surface area (Å²) in [6.45, 7) is 1.90. The first-order chi connectivity index (χ1) is 12.5. The number of thiophene rings is 1. The van der Waals surface area contributed by atoms with Crippen LogP contribution in [0.5, 0.6) is 0 Å². The van der Waals surface area contributed by atoms with Gasteiger partial charge >= 0.3 is 0 Å². The molecule has 2 aromatic carbocycles. The van der Waals surface area contributed by atoms with Crippen LogP contribution in [0.25, 0.3) is 0 Å². The molecule has 0 aliphatic carbocycles. The first-order valence-corrected chi connectivity index (χ1v) is 10.5. The Kier molecular flexibility index (Phi) is 5.66. The molecule has 1 aromatic heterocycles. The highest BCUT2D eigenvalue weighted by Gasteiger charge is 2.24. The minimum absolute atomic E-state index is 0.0651. The van der Waals surface area contributed by atoms with Gasteiger partial charge in [-0.2, -0.15) is 0 Å². The molecule has 0 saturated carbocycles. The van der Waals surface area contributed by atoms with E-state index in [-0.39, 0.29) is 17.1 Å². The molecule has 6 heteroatoms. The van der Waals surface area contributed by atoms with Gasteiger partial charge in [-0.25, -0.2) is 13.1 Å². The average molecular weight is 386 g/mol. The fourth-order valence-corrected chi connectivity index (χ4v) is 4.66. The van der Waals surface area contributed by atoms with Crippen LogP contribution >= 0.6 is 11.3 Å². The molecule has 0 saturated heterocycles. The van der Waals surface area contributed by atoms with Crippen LogP contribution in [0.2, 0.25) is 0 Å². The SMILES string of the molecule is Cc1ccc(S(=O)(=O)NC(CC(=O)c2ccccc2)c2cccs2)cc1. The highest BCUT2D eigenvalue weighted by atomic mass is 32.2. The van der Waals surface area contributed by atoms with Gasteiger partial charge in [0.1, 0.15) is 0 Å². The lowest BCUT2D eigenvalue weighted by Gasteiger charge is -2.17. The molecule has 0 aliphatic heterocycles. The fourth-order valence-electron chi connectivity index (χ4n) is 2.59. The minimum atomic E-state index is -3.73. The maximum atomic E-state index is 12.7. The standard InChI is InChI=1S/C20H19NO3S2/c1-15-9-11-17(12-10-15)26(23,24)21-18(20-8-5-13-25-20)14-19(22)16-6-3-2-4-7-16/h2-13,18,21H,14H2,1H3. The van der Waals surface area contributed by atoms with Crippen LogP contribution in [0.1, 0.15) is 33.3 Å². The normalized spacial score (nSPS) is 12.7. The molecule has 0 fully saturated rings. The minimum Gasteiger partial charge on any atom is -0.294 e. The van der Waals surface area contributed by atoms with Crippen molar-refractivity contribution >= 4 is 27.1 Å². The predicted molar refractivity (Wildman–Crippen MR) is 104 cm³/mol. The van der Waals surface area contributed by atoms with Crippen molar-refractivity contribution in [2.24, 2.45) is 0 Å². The van der Waals surface area contributed by atoms with Gasteiger partial charge < -0.3 is 0 Å². The number of hydrogen-bond acceptors (Lipinski definition) is 4. The molecule has 3 rings (SSSR count). The second kappa shape index (κ2) is 7.95. The van der Waals surface area contributed by atoms with E-state index in [1.165, 1.54) is 11.3 Å². The Morgan fingerprint density at radius 3 is 2.31 bits per heavy atom. The zero-order valence-corrected chi connectivity index (χ0v) is 15.9. The highest BCUT2D eigenvalue weighted by molar-refractivity contribution is 7.89. The fraction of sp³-hybridized carbons (Fsp3) is 0.150. The van der Waals surface area contributed by atoms with Gasteiger partial charge in [-0.1, -0.05) is 54.1 Å². The predicted octanol–water partition coefficient (Wildman–Crippen LogP) is 4.35. The Balaban J connectivity index is 1.85. The summed E-state index contributed by atoms with van der Waals surface area (Å²) in [5, 5.41) is 1.87. The Bertz CT molecular complexity index is 964. The second-order valence-electron chi connectivity index (χ2n) is 6.00. The topological polar surface area (TPSA) is 63.2 Å². The van der Waals surface area contributed by atoms with E-state index in [1.54, 1.807) is 48.5 Å². The van der Waals surface area contributed by atoms with E-state index in [0.29, 0.717) is 5.56 Å². The molecular weight excluding hydrogens is 366 g/mol. The number of ketones is 1. The monoisotopic (exact) mass is 385 g/mol. The van der Waals surface area contributed by atoms with Crippen molar-refractivity contribution in [3.8, 4) is 0 Å². The number of carbonyl (C=O) groups excluding carboxylic acids is 1. The van der Waals surface area contributed by atoms with E-state index in [9.17, 15) is 13.2 Å². The third-order valence-electron chi connectivity index (χ3n) is 4.00. The molecular formula is C20H19NO3S2. The number of hydrogen-bond donors (Lipinski definition) is 1. The van der Waals surface area contributed by atoms with Crippen LogP contribution in [0, 0.1) is 6.92 Å². The Hall–Kier alpha value is -2.28. The second-order valence-corrected chi connectivity index (χ2v) is 8.69. The molecule has 4 nitrogen and oxygen atoms in total. The van der Waals surface area contributed by atoms with Gasteiger partial charge in [0, 0.05) is 16.9 Å². The average Bonchev–Trinajstić information content (AvgIpc) is 3.17. The molecule has 0 aliphatic rings. The molecule has 0 spiro atoms. The summed E-state index contributed by atoms with van der Waals surface area (Å²) in [5.41, 5.74) is 1.56. The van der Waals surface area contributed by atoms with Crippen molar-refractivity contribution < 1.29 is 13.2 Å². The summed E-state index contributed by atoms with van der Waals surface area (Å²) in [6, 6.07) is 18.6. The van der Waals surface area contributed by atoms with Crippen LogP contribution in [0.15, 0.2) is 77.0 Å². The summed E-state index contributed by atoms with van der Waals surface area (Å²) in [7, 11) is -3.73. The van der Waals surface area contributed by atoms with Crippen molar-refractivity contribution in [2.45, 2.75) is 24.3 Å². The molecule has 1 unspecified atom stereocenters. The summed E-state index contributed by atoms with van der Waals surface area (Å²) < 4.78 is 28.2. The van der Waals surface area contributed by atoms with Gasteiger partial charge in [-0.05, 0) is 30.5 Å². The van der Waals surface area contributed by atoms with Crippen molar-refractivity contribution in [1.82, 2.24) is 4.72 Å². The van der Waals surface area contributed by atoms with Gasteiger partial charge in [0.25, 0.3) is 0 Å². The van der Waals surface area contributed by atoms with Gasteiger partial charge in [-0.15, -0.1) is 11.3 Å². The summed E-state index contributed by atoms with van der Waals surface area (Å²) in [6.07, 6.45) is 0.0651. The van der Waals surface area contributed by atoms with Gasteiger partial charge in [0.15, 0.2) is 5.78 Å². The van der Waals surface area contributed by atoms with Gasteiger partial charge in [0.2, 0.25) is 10.0 Å². The first kappa shape index (κ1) is 18.5. The largest absolute Gasteiger partial charge is 0.294 e. The lowest BCUT2D eigenvalue weighted by atomic mass is 10.0. The highest BCUT2D eigenvalue weighted by Crippen LogP contribution is 2.26. The van der Waals surface area contributed by atoms with E-state index < -0.39 is 16.1 Å². The van der Waals surface area contributed by atoms with Crippen LogP contribution in [-0.4, -0.2) is 14.2 Å². The van der Waals surface area contributed by atoms with E-state index in [2.05, 4.69) is 4.72 Å². The summed E-state index contributed by atoms with van der Waals surface area (Å²) in [4.78, 5) is 13.6. The molecule has 3 aromatic rings. The molecule has 0 bridgehead atoms. The summed E-state index contributed by atoms with van der Waals surface area (Å²) >= 11 is 1.43. The number of Topliss-reactive ketones (excluding diaryl/α,β-unsaturated/α-hetero) is 1. The van der Waals surface area contributed by atoms with Crippen LogP contribution in [0.3, 0.4) is 0 Å². The van der Waals surface area contributed by atoms with E-state index in [4.69, 9.17) is 0 Å². The Morgan fingerprint density at radius 1 is 1.00 bits per heavy atom. The zero-order valence-electron chi connectivity index (χ0n) is 14.3. The Labute approximate surface area is 157 Å². The van der Waals surface area contributed by atoms with Gasteiger partial charge in [-0.3, -0.25) is 4.79 Å². The molecule has 0 amide bonds. The lowest BCUT2D eigenvalue weighted by Crippen LogP contribution is -2.30. The van der Waals surface area contributed by atoms with E-state index in [1.807, 2.05) is 30.5 Å². The maximum absolute atomic E-state index is 12.7. The smallest absolute Gasteiger partial charge is 0.241 e. The molecule has 0 radical (unpaired) electrons. The number of sulfonamides is 1.